The summed E-state index contributed by atoms with van der Waals surface area (Å²) in [4.78, 5) is 4.64. The molecule has 2 aliphatic rings. The van der Waals surface area contributed by atoms with Gasteiger partial charge in [-0.1, -0.05) is 41.6 Å². The van der Waals surface area contributed by atoms with Gasteiger partial charge in [-0.05, 0) is 39.0 Å². The number of ether oxygens (including phenoxy) is 2. The van der Waals surface area contributed by atoms with Gasteiger partial charge in [-0.3, -0.25) is 4.90 Å². The molecule has 1 aromatic heterocycles. The van der Waals surface area contributed by atoms with Crippen LogP contribution in [0.5, 0.6) is 0 Å². The molecule has 34 heavy (non-hydrogen) atoms. The molecule has 186 valence electrons. The number of nitrogens with zero attached hydrogens (tertiary/aromatic N) is 3. The van der Waals surface area contributed by atoms with Gasteiger partial charge < -0.3 is 24.0 Å². The smallest absolute Gasteiger partial charge is 0.232 e. The van der Waals surface area contributed by atoms with Gasteiger partial charge in [-0.25, -0.2) is 0 Å². The predicted molar refractivity (Wildman–Crippen MR) is 134 cm³/mol. The van der Waals surface area contributed by atoms with Crippen molar-refractivity contribution in [1.29, 1.82) is 0 Å². The summed E-state index contributed by atoms with van der Waals surface area (Å²) < 4.78 is 17.5. The van der Waals surface area contributed by atoms with Crippen molar-refractivity contribution in [2.24, 2.45) is 0 Å². The molecule has 0 unspecified atom stereocenters. The van der Waals surface area contributed by atoms with Crippen LogP contribution in [0, 0.1) is 0 Å². The van der Waals surface area contributed by atoms with Gasteiger partial charge in [0.25, 0.3) is 0 Å². The Bertz CT molecular complexity index is 881. The molecule has 0 saturated carbocycles. The van der Waals surface area contributed by atoms with Gasteiger partial charge >= 0.3 is 0 Å². The van der Waals surface area contributed by atoms with Crippen LogP contribution in [0.3, 0.4) is 0 Å². The molecule has 7 nitrogen and oxygen atoms in total. The number of benzene rings is 1. The lowest BCUT2D eigenvalue weighted by Crippen LogP contribution is -2.40. The standard InChI is InChI=1S/C27H39N3O4/c1-3-15-32-20-23(31)17-29(18-24-13-9-16-33-24)19-25-26(22-11-5-4-6-12-22)28-34-27(25)30-14-8-7-10-21(30)2/h3-6,11-12,21,23-24,31H,1,7-10,13-20H2,2H3/t21-,23+,24+/m0/s1. The normalized spacial score (nSPS) is 21.8. The van der Waals surface area contributed by atoms with E-state index in [4.69, 9.17) is 14.0 Å². The van der Waals surface area contributed by atoms with E-state index < -0.39 is 6.10 Å². The number of hydrogen-bond acceptors (Lipinski definition) is 7. The van der Waals surface area contributed by atoms with Gasteiger partial charge in [0, 0.05) is 44.4 Å². The minimum Gasteiger partial charge on any atom is -0.389 e. The third-order valence-electron chi connectivity index (χ3n) is 6.76. The fraction of sp³-hybridized carbons (Fsp3) is 0.593. The zero-order valence-electron chi connectivity index (χ0n) is 20.4. The summed E-state index contributed by atoms with van der Waals surface area (Å²) in [7, 11) is 0. The van der Waals surface area contributed by atoms with Crippen molar-refractivity contribution >= 4 is 5.88 Å². The minimum absolute atomic E-state index is 0.179. The summed E-state index contributed by atoms with van der Waals surface area (Å²) in [6, 6.07) is 10.6. The first kappa shape index (κ1) is 24.9. The maximum absolute atomic E-state index is 10.7. The lowest BCUT2D eigenvalue weighted by Gasteiger charge is -2.34. The molecule has 3 heterocycles. The second-order valence-corrected chi connectivity index (χ2v) is 9.53. The molecule has 3 atom stereocenters. The molecule has 2 fully saturated rings. The van der Waals surface area contributed by atoms with Crippen LogP contribution >= 0.6 is 0 Å². The number of anilines is 1. The second-order valence-electron chi connectivity index (χ2n) is 9.53. The highest BCUT2D eigenvalue weighted by atomic mass is 16.5. The van der Waals surface area contributed by atoms with Crippen molar-refractivity contribution in [3.05, 3.63) is 48.6 Å². The number of aliphatic hydroxyl groups excluding tert-OH is 1. The highest BCUT2D eigenvalue weighted by Gasteiger charge is 2.30. The number of hydrogen-bond donors (Lipinski definition) is 1. The van der Waals surface area contributed by atoms with E-state index in [-0.39, 0.29) is 12.7 Å². The van der Waals surface area contributed by atoms with Crippen LogP contribution in [0.1, 0.15) is 44.6 Å². The summed E-state index contributed by atoms with van der Waals surface area (Å²) in [5.74, 6) is 0.862. The molecule has 0 amide bonds. The van der Waals surface area contributed by atoms with E-state index in [1.807, 2.05) is 18.2 Å². The Morgan fingerprint density at radius 2 is 2.12 bits per heavy atom. The number of aliphatic hydroxyl groups is 1. The Kier molecular flexibility index (Phi) is 9.16. The minimum atomic E-state index is -0.598. The van der Waals surface area contributed by atoms with Crippen LogP contribution in [0.2, 0.25) is 0 Å². The van der Waals surface area contributed by atoms with Gasteiger partial charge in [-0.15, -0.1) is 6.58 Å². The first-order valence-electron chi connectivity index (χ1n) is 12.7. The fourth-order valence-electron chi connectivity index (χ4n) is 5.03. The van der Waals surface area contributed by atoms with E-state index in [0.29, 0.717) is 25.7 Å². The van der Waals surface area contributed by atoms with Crippen LogP contribution in [-0.2, 0) is 16.0 Å². The van der Waals surface area contributed by atoms with Crippen molar-refractivity contribution < 1.29 is 19.1 Å². The average molecular weight is 470 g/mol. The zero-order chi connectivity index (χ0) is 23.8. The van der Waals surface area contributed by atoms with Crippen molar-refractivity contribution in [3.8, 4) is 11.3 Å². The predicted octanol–water partition coefficient (Wildman–Crippen LogP) is 4.26. The Morgan fingerprint density at radius 1 is 1.26 bits per heavy atom. The van der Waals surface area contributed by atoms with Gasteiger partial charge in [-0.2, -0.15) is 0 Å². The molecule has 4 rings (SSSR count). The van der Waals surface area contributed by atoms with E-state index in [1.165, 1.54) is 6.42 Å². The molecular formula is C27H39N3O4. The highest BCUT2D eigenvalue weighted by molar-refractivity contribution is 5.68. The van der Waals surface area contributed by atoms with Gasteiger partial charge in [0.15, 0.2) is 0 Å². The molecule has 1 N–H and O–H groups in total. The Labute approximate surface area is 203 Å². The van der Waals surface area contributed by atoms with Gasteiger partial charge in [0.1, 0.15) is 5.69 Å². The summed E-state index contributed by atoms with van der Waals surface area (Å²) in [6.45, 7) is 10.3. The molecule has 0 aliphatic carbocycles. The molecule has 7 heteroatoms. The van der Waals surface area contributed by atoms with Crippen LogP contribution in [0.25, 0.3) is 11.3 Å². The van der Waals surface area contributed by atoms with Gasteiger partial charge in [0.2, 0.25) is 5.88 Å². The number of rotatable bonds is 12. The van der Waals surface area contributed by atoms with Crippen LogP contribution in [-0.4, -0.2) is 72.9 Å². The Morgan fingerprint density at radius 3 is 2.85 bits per heavy atom. The van der Waals surface area contributed by atoms with Crippen molar-refractivity contribution in [2.45, 2.75) is 63.8 Å². The molecule has 2 aromatic rings. The van der Waals surface area contributed by atoms with Crippen molar-refractivity contribution in [1.82, 2.24) is 10.1 Å². The first-order valence-corrected chi connectivity index (χ1v) is 12.7. The molecule has 0 spiro atoms. The number of aromatic nitrogens is 1. The second kappa shape index (κ2) is 12.5. The van der Waals surface area contributed by atoms with Crippen LogP contribution in [0.4, 0.5) is 5.88 Å². The Balaban J connectivity index is 1.61. The molecule has 2 aliphatic heterocycles. The molecular weight excluding hydrogens is 430 g/mol. The highest BCUT2D eigenvalue weighted by Crippen LogP contribution is 2.35. The zero-order valence-corrected chi connectivity index (χ0v) is 20.4. The van der Waals surface area contributed by atoms with Crippen LogP contribution in [0.15, 0.2) is 47.5 Å². The Hall–Kier alpha value is -2.19. The quantitative estimate of drug-likeness (QED) is 0.368. The van der Waals surface area contributed by atoms with Crippen LogP contribution < -0.4 is 4.90 Å². The monoisotopic (exact) mass is 469 g/mol. The maximum atomic E-state index is 10.7. The summed E-state index contributed by atoms with van der Waals surface area (Å²) in [5.41, 5.74) is 3.00. The third-order valence-corrected chi connectivity index (χ3v) is 6.76. The average Bonchev–Trinajstić information content (AvgIpc) is 3.50. The third kappa shape index (κ3) is 6.48. The molecule has 0 bridgehead atoms. The fourth-order valence-corrected chi connectivity index (χ4v) is 5.03. The topological polar surface area (TPSA) is 71.2 Å². The molecule has 2 saturated heterocycles. The van der Waals surface area contributed by atoms with Crippen molar-refractivity contribution in [3.63, 3.8) is 0 Å². The van der Waals surface area contributed by atoms with E-state index in [1.54, 1.807) is 6.08 Å². The molecule has 1 aromatic carbocycles. The van der Waals surface area contributed by atoms with Crippen molar-refractivity contribution in [2.75, 3.05) is 44.4 Å². The summed E-state index contributed by atoms with van der Waals surface area (Å²) in [5, 5.41) is 15.3. The lowest BCUT2D eigenvalue weighted by atomic mass is 10.0. The SMILES string of the molecule is C=CCOC[C@H](O)CN(Cc1c(-c2ccccc2)noc1N1CCCC[C@@H]1C)C[C@H]1CCCO1. The summed E-state index contributed by atoms with van der Waals surface area (Å²) >= 11 is 0. The summed E-state index contributed by atoms with van der Waals surface area (Å²) in [6.07, 6.45) is 6.97. The molecule has 0 radical (unpaired) electrons. The lowest BCUT2D eigenvalue weighted by molar-refractivity contribution is 0.00858. The number of piperidine rings is 1. The van der Waals surface area contributed by atoms with E-state index in [0.717, 1.165) is 68.1 Å². The van der Waals surface area contributed by atoms with E-state index >= 15 is 0 Å². The van der Waals surface area contributed by atoms with E-state index in [2.05, 4.69) is 40.6 Å². The maximum Gasteiger partial charge on any atom is 0.232 e. The first-order chi connectivity index (χ1) is 16.7. The van der Waals surface area contributed by atoms with E-state index in [9.17, 15) is 5.11 Å². The van der Waals surface area contributed by atoms with Gasteiger partial charge in [0.05, 0.1) is 31.0 Å². The largest absolute Gasteiger partial charge is 0.389 e.